The van der Waals surface area contributed by atoms with Gasteiger partial charge in [0.25, 0.3) is 0 Å². The average Bonchev–Trinajstić information content (AvgIpc) is 3.40. The Labute approximate surface area is 239 Å². The predicted octanol–water partition coefficient (Wildman–Crippen LogP) is 5.77. The summed E-state index contributed by atoms with van der Waals surface area (Å²) in [7, 11) is -3.30. The molecule has 2 amide bonds. The van der Waals surface area contributed by atoms with Gasteiger partial charge in [0.15, 0.2) is 0 Å². The van der Waals surface area contributed by atoms with Crippen LogP contribution in [0.25, 0.3) is 0 Å². The number of anilines is 1. The van der Waals surface area contributed by atoms with Gasteiger partial charge in [-0.15, -0.1) is 12.4 Å². The van der Waals surface area contributed by atoms with Gasteiger partial charge < -0.3 is 15.0 Å². The number of nitrogens with one attached hydrogen (secondary N) is 2. The van der Waals surface area contributed by atoms with E-state index < -0.39 is 10.0 Å². The highest BCUT2D eigenvalue weighted by Gasteiger charge is 2.29. The first-order valence-corrected chi connectivity index (χ1v) is 15.5. The van der Waals surface area contributed by atoms with Crippen LogP contribution in [0.3, 0.4) is 0 Å². The molecule has 0 unspecified atom stereocenters. The van der Waals surface area contributed by atoms with Crippen LogP contribution in [0.1, 0.15) is 51.0 Å². The van der Waals surface area contributed by atoms with Gasteiger partial charge in [-0.2, -0.15) is 0 Å². The van der Waals surface area contributed by atoms with E-state index >= 15 is 0 Å². The monoisotopic (exact) mass is 576 g/mol. The summed E-state index contributed by atoms with van der Waals surface area (Å²) in [6.45, 7) is 5.81. The van der Waals surface area contributed by atoms with Crippen LogP contribution in [-0.4, -0.2) is 62.2 Å². The normalized spacial score (nSPS) is 16.5. The maximum absolute atomic E-state index is 13.0. The topological polar surface area (TPSA) is 91.0 Å². The van der Waals surface area contributed by atoms with Crippen LogP contribution in [0.5, 0.6) is 11.5 Å². The Balaban J connectivity index is 0.00000420. The third-order valence-electron chi connectivity index (χ3n) is 7.07. The number of nitrogens with zero attached hydrogens (tertiary/aromatic N) is 2. The number of benzene rings is 2. The summed E-state index contributed by atoms with van der Waals surface area (Å²) in [5.74, 6) is 1.37. The van der Waals surface area contributed by atoms with Crippen LogP contribution >= 0.6 is 12.4 Å². The maximum Gasteiger partial charge on any atom is 0.317 e. The minimum atomic E-state index is -3.30. The zero-order valence-electron chi connectivity index (χ0n) is 22.8. The number of hydrogen-bond acceptors (Lipinski definition) is 5. The van der Waals surface area contributed by atoms with Crippen molar-refractivity contribution in [1.29, 1.82) is 0 Å². The third kappa shape index (κ3) is 9.74. The van der Waals surface area contributed by atoms with E-state index in [1.165, 1.54) is 5.56 Å². The second-order valence-corrected chi connectivity index (χ2v) is 12.0. The number of piperidine rings is 1. The molecule has 0 atom stereocenters. The van der Waals surface area contributed by atoms with E-state index in [-0.39, 0.29) is 24.5 Å². The van der Waals surface area contributed by atoms with E-state index in [4.69, 9.17) is 4.74 Å². The number of hydrogen-bond donors (Lipinski definition) is 2. The number of amides is 2. The van der Waals surface area contributed by atoms with Gasteiger partial charge in [0.2, 0.25) is 10.0 Å². The Kier molecular flexibility index (Phi) is 11.5. The molecule has 0 saturated carbocycles. The fourth-order valence-corrected chi connectivity index (χ4v) is 5.59. The molecule has 1 aliphatic carbocycles. The highest BCUT2D eigenvalue weighted by molar-refractivity contribution is 7.92. The molecular weight excluding hydrogens is 536 g/mol. The van der Waals surface area contributed by atoms with Crippen molar-refractivity contribution in [3.05, 3.63) is 66.2 Å². The molecule has 10 heteroatoms. The number of carbonyl (C=O) groups excluding carboxylic acids is 1. The number of ether oxygens (including phenoxy) is 1. The van der Waals surface area contributed by atoms with Crippen LogP contribution in [0, 0.1) is 0 Å². The summed E-state index contributed by atoms with van der Waals surface area (Å²) in [6, 6.07) is 15.5. The number of halogens is 1. The molecule has 1 heterocycles. The molecule has 1 fully saturated rings. The molecule has 2 aromatic rings. The standard InChI is InChI=1S/C29H40N4O4S.ClH/c1-3-4-19-33(29(34)30-24-7-5-6-8-24)26-17-20-32(21-18-26)22-23-9-13-27(14-10-23)37-28-15-11-25(12-16-28)31-38(2,35)36;/h5-6,9-16,24,26,31H,3-4,7-8,17-22H2,1-2H3,(H,30,34);1H. The number of sulfonamides is 1. The molecular formula is C29H41ClN4O4S. The number of rotatable bonds is 11. The van der Waals surface area contributed by atoms with Gasteiger partial charge in [0, 0.05) is 44.0 Å². The SMILES string of the molecule is CCCCN(C(=O)NC1CC=CC1)C1CCN(Cc2ccc(Oc3ccc(NS(C)(=O)=O)cc3)cc2)CC1.Cl. The highest BCUT2D eigenvalue weighted by atomic mass is 35.5. The van der Waals surface area contributed by atoms with E-state index in [0.717, 1.165) is 76.7 Å². The van der Waals surface area contributed by atoms with Gasteiger partial charge in [-0.1, -0.05) is 37.6 Å². The van der Waals surface area contributed by atoms with Crippen molar-refractivity contribution >= 4 is 34.1 Å². The molecule has 0 bridgehead atoms. The Hall–Kier alpha value is -2.75. The first-order valence-electron chi connectivity index (χ1n) is 13.6. The van der Waals surface area contributed by atoms with Crippen LogP contribution in [0.15, 0.2) is 60.7 Å². The molecule has 2 aromatic carbocycles. The fourth-order valence-electron chi connectivity index (χ4n) is 5.02. The Morgan fingerprint density at radius 2 is 1.59 bits per heavy atom. The van der Waals surface area contributed by atoms with Gasteiger partial charge in [-0.05, 0) is 74.1 Å². The van der Waals surface area contributed by atoms with Crippen molar-refractivity contribution in [1.82, 2.24) is 15.1 Å². The van der Waals surface area contributed by atoms with Crippen molar-refractivity contribution in [2.24, 2.45) is 0 Å². The summed E-state index contributed by atoms with van der Waals surface area (Å²) in [6.07, 6.45) is 11.4. The largest absolute Gasteiger partial charge is 0.457 e. The lowest BCUT2D eigenvalue weighted by Crippen LogP contribution is -2.52. The van der Waals surface area contributed by atoms with Gasteiger partial charge >= 0.3 is 6.03 Å². The molecule has 4 rings (SSSR count). The molecule has 1 saturated heterocycles. The molecule has 2 N–H and O–H groups in total. The van der Waals surface area contributed by atoms with E-state index in [9.17, 15) is 13.2 Å². The summed E-state index contributed by atoms with van der Waals surface area (Å²) < 4.78 is 31.1. The summed E-state index contributed by atoms with van der Waals surface area (Å²) in [5.41, 5.74) is 1.72. The van der Waals surface area contributed by atoms with Crippen LogP contribution in [-0.2, 0) is 16.6 Å². The van der Waals surface area contributed by atoms with Crippen LogP contribution in [0.2, 0.25) is 0 Å². The molecule has 0 spiro atoms. The third-order valence-corrected chi connectivity index (χ3v) is 7.68. The van der Waals surface area contributed by atoms with Crippen LogP contribution in [0.4, 0.5) is 10.5 Å². The lowest BCUT2D eigenvalue weighted by atomic mass is 10.0. The minimum absolute atomic E-state index is 0. The van der Waals surface area contributed by atoms with E-state index in [1.807, 2.05) is 12.1 Å². The summed E-state index contributed by atoms with van der Waals surface area (Å²) in [5, 5.41) is 3.24. The number of carbonyl (C=O) groups is 1. The molecule has 0 radical (unpaired) electrons. The van der Waals surface area contributed by atoms with Gasteiger partial charge in [0.1, 0.15) is 11.5 Å². The number of unbranched alkanes of at least 4 members (excludes halogenated alkanes) is 1. The molecule has 2 aliphatic rings. The van der Waals surface area contributed by atoms with Gasteiger partial charge in [-0.3, -0.25) is 9.62 Å². The van der Waals surface area contributed by atoms with Crippen molar-refractivity contribution in [2.75, 3.05) is 30.6 Å². The Bertz CT molecular complexity index is 1170. The second-order valence-electron chi connectivity index (χ2n) is 10.3. The van der Waals surface area contributed by atoms with E-state index in [0.29, 0.717) is 17.5 Å². The van der Waals surface area contributed by atoms with Crippen molar-refractivity contribution < 1.29 is 17.9 Å². The van der Waals surface area contributed by atoms with Crippen molar-refractivity contribution in [3.63, 3.8) is 0 Å². The number of likely N-dealkylation sites (tertiary alicyclic amines) is 1. The Morgan fingerprint density at radius 3 is 2.15 bits per heavy atom. The predicted molar refractivity (Wildman–Crippen MR) is 159 cm³/mol. The molecule has 214 valence electrons. The second kappa shape index (κ2) is 14.6. The average molecular weight is 577 g/mol. The zero-order valence-corrected chi connectivity index (χ0v) is 24.5. The van der Waals surface area contributed by atoms with E-state index in [2.05, 4.69) is 51.0 Å². The lowest BCUT2D eigenvalue weighted by Gasteiger charge is -2.39. The lowest BCUT2D eigenvalue weighted by molar-refractivity contribution is 0.115. The molecule has 39 heavy (non-hydrogen) atoms. The first kappa shape index (κ1) is 30.8. The van der Waals surface area contributed by atoms with E-state index in [1.54, 1.807) is 24.3 Å². The minimum Gasteiger partial charge on any atom is -0.457 e. The summed E-state index contributed by atoms with van der Waals surface area (Å²) in [4.78, 5) is 17.6. The fraction of sp³-hybridized carbons (Fsp3) is 0.483. The highest BCUT2D eigenvalue weighted by Crippen LogP contribution is 2.25. The first-order chi connectivity index (χ1) is 18.3. The van der Waals surface area contributed by atoms with Gasteiger partial charge in [0.05, 0.1) is 6.26 Å². The quantitative estimate of drug-likeness (QED) is 0.332. The van der Waals surface area contributed by atoms with Crippen LogP contribution < -0.4 is 14.8 Å². The maximum atomic E-state index is 13.0. The number of urea groups is 1. The van der Waals surface area contributed by atoms with Crippen molar-refractivity contribution in [2.45, 2.75) is 64.1 Å². The molecule has 1 aliphatic heterocycles. The van der Waals surface area contributed by atoms with Gasteiger partial charge in [-0.25, -0.2) is 13.2 Å². The molecule has 8 nitrogen and oxygen atoms in total. The van der Waals surface area contributed by atoms with Crippen molar-refractivity contribution in [3.8, 4) is 11.5 Å². The summed E-state index contributed by atoms with van der Waals surface area (Å²) >= 11 is 0. The smallest absolute Gasteiger partial charge is 0.317 e. The zero-order chi connectivity index (χ0) is 27.0. The Morgan fingerprint density at radius 1 is 1.00 bits per heavy atom. The molecule has 0 aromatic heterocycles.